The van der Waals surface area contributed by atoms with Crippen LogP contribution in [0.15, 0.2) is 12.4 Å². The van der Waals surface area contributed by atoms with Gasteiger partial charge in [-0.3, -0.25) is 0 Å². The van der Waals surface area contributed by atoms with Crippen LogP contribution >= 0.6 is 11.8 Å². The highest BCUT2D eigenvalue weighted by molar-refractivity contribution is 7.98. The van der Waals surface area contributed by atoms with Gasteiger partial charge in [0.05, 0.1) is 0 Å². The second-order valence-electron chi connectivity index (χ2n) is 2.05. The lowest BCUT2D eigenvalue weighted by atomic mass is 10.6. The van der Waals surface area contributed by atoms with Gasteiger partial charge in [-0.15, -0.1) is 0 Å². The number of rotatable bonds is 3. The first-order valence-electron chi connectivity index (χ1n) is 3.28. The van der Waals surface area contributed by atoms with Crippen molar-refractivity contribution in [2.24, 2.45) is 0 Å². The van der Waals surface area contributed by atoms with Crippen LogP contribution in [0.2, 0.25) is 0 Å². The van der Waals surface area contributed by atoms with Crippen molar-refractivity contribution in [1.29, 1.82) is 5.26 Å². The van der Waals surface area contributed by atoms with Crippen LogP contribution in [0.3, 0.4) is 0 Å². The first-order chi connectivity index (χ1) is 5.38. The molecule has 58 valence electrons. The van der Waals surface area contributed by atoms with Gasteiger partial charge < -0.3 is 4.57 Å². The molecule has 1 aromatic heterocycles. The molecule has 0 saturated carbocycles. The van der Waals surface area contributed by atoms with E-state index < -0.39 is 0 Å². The molecular weight excluding hydrogens is 158 g/mol. The number of hydrogen-bond donors (Lipinski definition) is 0. The van der Waals surface area contributed by atoms with Crippen LogP contribution in [0, 0.1) is 11.3 Å². The van der Waals surface area contributed by atoms with Crippen molar-refractivity contribution in [3.63, 3.8) is 0 Å². The summed E-state index contributed by atoms with van der Waals surface area (Å²) in [5.41, 5.74) is 0. The van der Waals surface area contributed by atoms with Gasteiger partial charge in [0.25, 0.3) is 0 Å². The summed E-state index contributed by atoms with van der Waals surface area (Å²) in [6.45, 7) is 0.865. The molecule has 0 saturated heterocycles. The van der Waals surface area contributed by atoms with Gasteiger partial charge in [-0.05, 0) is 6.26 Å². The van der Waals surface area contributed by atoms with Crippen molar-refractivity contribution >= 4 is 11.8 Å². The Morgan fingerprint density at radius 1 is 1.82 bits per heavy atom. The summed E-state index contributed by atoms with van der Waals surface area (Å²) in [5.74, 6) is 1.52. The minimum atomic E-state index is 0.499. The minimum Gasteiger partial charge on any atom is -0.322 e. The van der Waals surface area contributed by atoms with Crippen LogP contribution in [0.4, 0.5) is 0 Å². The van der Waals surface area contributed by atoms with Crippen LogP contribution < -0.4 is 0 Å². The number of aromatic nitrogens is 2. The largest absolute Gasteiger partial charge is 0.322 e. The lowest BCUT2D eigenvalue weighted by Crippen LogP contribution is -2.01. The summed E-state index contributed by atoms with van der Waals surface area (Å²) in [6, 6.07) is 2.03. The maximum Gasteiger partial charge on any atom is 0.212 e. The van der Waals surface area contributed by atoms with E-state index in [1.165, 1.54) is 0 Å². The molecule has 0 aliphatic heterocycles. The maximum atomic E-state index is 8.57. The van der Waals surface area contributed by atoms with E-state index in [-0.39, 0.29) is 0 Å². The molecule has 0 N–H and O–H groups in total. The van der Waals surface area contributed by atoms with Crippen molar-refractivity contribution in [3.05, 3.63) is 18.2 Å². The van der Waals surface area contributed by atoms with E-state index in [2.05, 4.69) is 4.98 Å². The van der Waals surface area contributed by atoms with Crippen LogP contribution in [0.25, 0.3) is 0 Å². The molecule has 3 nitrogen and oxygen atoms in total. The third-order valence-corrected chi connectivity index (χ3v) is 1.94. The van der Waals surface area contributed by atoms with Crippen LogP contribution in [0.5, 0.6) is 0 Å². The second kappa shape index (κ2) is 4.04. The highest BCUT2D eigenvalue weighted by atomic mass is 32.2. The molecule has 4 heteroatoms. The van der Waals surface area contributed by atoms with Crippen LogP contribution in [-0.2, 0) is 6.54 Å². The van der Waals surface area contributed by atoms with E-state index >= 15 is 0 Å². The molecule has 0 radical (unpaired) electrons. The van der Waals surface area contributed by atoms with Crippen LogP contribution in [0.1, 0.15) is 5.82 Å². The van der Waals surface area contributed by atoms with E-state index in [1.54, 1.807) is 18.0 Å². The first kappa shape index (κ1) is 8.15. The molecule has 1 aromatic rings. The molecule has 0 aromatic carbocycles. The quantitative estimate of drug-likeness (QED) is 0.677. The fourth-order valence-corrected chi connectivity index (χ4v) is 1.17. The molecule has 11 heavy (non-hydrogen) atoms. The lowest BCUT2D eigenvalue weighted by Gasteiger charge is -1.99. The highest BCUT2D eigenvalue weighted by Gasteiger charge is 1.98. The summed E-state index contributed by atoms with van der Waals surface area (Å²) in [4.78, 5) is 3.88. The SMILES string of the molecule is CSCCn1ccnc1C#N. The van der Waals surface area contributed by atoms with Gasteiger partial charge in [0.2, 0.25) is 5.82 Å². The van der Waals surface area contributed by atoms with Crippen molar-refractivity contribution in [1.82, 2.24) is 9.55 Å². The number of nitrogens with zero attached hydrogens (tertiary/aromatic N) is 3. The van der Waals surface area contributed by atoms with Gasteiger partial charge in [0, 0.05) is 24.7 Å². The van der Waals surface area contributed by atoms with Gasteiger partial charge in [-0.1, -0.05) is 0 Å². The Bertz CT molecular complexity index is 261. The van der Waals surface area contributed by atoms with Crippen molar-refractivity contribution in [3.8, 4) is 6.07 Å². The van der Waals surface area contributed by atoms with Gasteiger partial charge in [-0.2, -0.15) is 17.0 Å². The first-order valence-corrected chi connectivity index (χ1v) is 4.68. The zero-order chi connectivity index (χ0) is 8.10. The summed E-state index contributed by atoms with van der Waals surface area (Å²) in [7, 11) is 0. The van der Waals surface area contributed by atoms with Gasteiger partial charge in [-0.25, -0.2) is 4.98 Å². The molecule has 1 rings (SSSR count). The standard InChI is InChI=1S/C7H9N3S/c1-11-5-4-10-3-2-9-7(10)6-8/h2-3H,4-5H2,1H3. The Balaban J connectivity index is 2.63. The average molecular weight is 167 g/mol. The summed E-state index contributed by atoms with van der Waals surface area (Å²) < 4.78 is 1.86. The third-order valence-electron chi connectivity index (χ3n) is 1.35. The van der Waals surface area contributed by atoms with Crippen molar-refractivity contribution < 1.29 is 0 Å². The molecule has 0 aliphatic rings. The molecule has 0 fully saturated rings. The Morgan fingerprint density at radius 2 is 2.64 bits per heavy atom. The van der Waals surface area contributed by atoms with Crippen molar-refractivity contribution in [2.75, 3.05) is 12.0 Å². The molecule has 0 atom stereocenters. The van der Waals surface area contributed by atoms with Gasteiger partial charge in [0.15, 0.2) is 0 Å². The molecule has 1 heterocycles. The topological polar surface area (TPSA) is 41.6 Å². The van der Waals surface area contributed by atoms with E-state index in [0.29, 0.717) is 5.82 Å². The number of thioether (sulfide) groups is 1. The second-order valence-corrected chi connectivity index (χ2v) is 3.03. The summed E-state index contributed by atoms with van der Waals surface area (Å²) in [6.07, 6.45) is 5.52. The molecule has 0 spiro atoms. The number of hydrogen-bond acceptors (Lipinski definition) is 3. The molecule has 0 amide bonds. The zero-order valence-electron chi connectivity index (χ0n) is 6.32. The predicted octanol–water partition coefficient (Wildman–Crippen LogP) is 1.12. The van der Waals surface area contributed by atoms with Gasteiger partial charge in [0.1, 0.15) is 6.07 Å². The smallest absolute Gasteiger partial charge is 0.212 e. The Labute approximate surface area is 70.0 Å². The number of nitriles is 1. The Morgan fingerprint density at radius 3 is 3.27 bits per heavy atom. The average Bonchev–Trinajstić information content (AvgIpc) is 2.47. The monoisotopic (exact) mass is 167 g/mol. The van der Waals surface area contributed by atoms with E-state index in [0.717, 1.165) is 12.3 Å². The summed E-state index contributed by atoms with van der Waals surface area (Å²) >= 11 is 1.76. The van der Waals surface area contributed by atoms with E-state index in [4.69, 9.17) is 5.26 Å². The van der Waals surface area contributed by atoms with Crippen molar-refractivity contribution in [2.45, 2.75) is 6.54 Å². The molecule has 0 bridgehead atoms. The molecule has 0 unspecified atom stereocenters. The number of aryl methyl sites for hydroxylation is 1. The lowest BCUT2D eigenvalue weighted by molar-refractivity contribution is 0.757. The maximum absolute atomic E-state index is 8.57. The summed E-state index contributed by atoms with van der Waals surface area (Å²) in [5, 5.41) is 8.57. The fraction of sp³-hybridized carbons (Fsp3) is 0.429. The van der Waals surface area contributed by atoms with Gasteiger partial charge >= 0.3 is 0 Å². The molecular formula is C7H9N3S. The van der Waals surface area contributed by atoms with E-state index in [1.807, 2.05) is 23.1 Å². The number of imidazole rings is 1. The normalized spacial score (nSPS) is 9.45. The Hall–Kier alpha value is -0.950. The predicted molar refractivity (Wildman–Crippen MR) is 45.3 cm³/mol. The van der Waals surface area contributed by atoms with E-state index in [9.17, 15) is 0 Å². The Kier molecular flexibility index (Phi) is 2.99. The highest BCUT2D eigenvalue weighted by Crippen LogP contribution is 1.99. The minimum absolute atomic E-state index is 0.499. The zero-order valence-corrected chi connectivity index (χ0v) is 7.14. The molecule has 0 aliphatic carbocycles. The third kappa shape index (κ3) is 1.99. The van der Waals surface area contributed by atoms with Crippen LogP contribution in [-0.4, -0.2) is 21.6 Å². The fourth-order valence-electron chi connectivity index (χ4n) is 0.792.